The molecule has 2 N–H and O–H groups in total. The van der Waals surface area contributed by atoms with E-state index < -0.39 is 9.85 Å². The first-order valence-electron chi connectivity index (χ1n) is 16.2. The van der Waals surface area contributed by atoms with E-state index >= 15 is 0 Å². The highest BCUT2D eigenvalue weighted by Gasteiger charge is 2.24. The van der Waals surface area contributed by atoms with E-state index in [0.29, 0.717) is 66.4 Å². The number of ether oxygens (including phenoxy) is 2. The third-order valence-corrected chi connectivity index (χ3v) is 10.3. The molecule has 0 saturated carbocycles. The summed E-state index contributed by atoms with van der Waals surface area (Å²) in [6.07, 6.45) is 3.78. The van der Waals surface area contributed by atoms with E-state index in [9.17, 15) is 20.2 Å². The third kappa shape index (κ3) is 5.51. The molecule has 3 aromatic carbocycles. The fraction of sp³-hybridized carbons (Fsp3) is 0.0750. The van der Waals surface area contributed by atoms with Gasteiger partial charge in [0.1, 0.15) is 0 Å². The monoisotopic (exact) mass is 707 g/mol. The Labute approximate surface area is 300 Å². The van der Waals surface area contributed by atoms with Crippen molar-refractivity contribution in [2.45, 2.75) is 6.92 Å². The lowest BCUT2D eigenvalue weighted by atomic mass is 10.0. The second-order valence-electron chi connectivity index (χ2n) is 12.2. The summed E-state index contributed by atoms with van der Waals surface area (Å²) in [6, 6.07) is 29.0. The maximum Gasteiger partial charge on any atom is 0.270 e. The zero-order valence-electron chi connectivity index (χ0n) is 28.1. The van der Waals surface area contributed by atoms with Crippen molar-refractivity contribution in [3.63, 3.8) is 0 Å². The second-order valence-corrected chi connectivity index (χ2v) is 13.2. The van der Waals surface area contributed by atoms with E-state index in [1.807, 2.05) is 79.7 Å². The first-order valence-corrected chi connectivity index (χ1v) is 17.0. The van der Waals surface area contributed by atoms with Crippen molar-refractivity contribution in [1.29, 1.82) is 0 Å². The molecular weight excluding hydrogens is 679 g/mol. The first-order chi connectivity index (χ1) is 25.2. The minimum atomic E-state index is -0.411. The van der Waals surface area contributed by atoms with Gasteiger partial charge >= 0.3 is 0 Å². The standard InChI is InChI=1S/C40H29N5O6S/c1-22-10-12-23(13-11-22)35-32-19-18-31(43-32)34(24-6-4-8-26(20-24)44(46)47)30-16-14-28(41-30)29-15-17-33(42-29)36(25-7-5-9-27(21-25)45(48)49)40-38(51-3)37(50-2)39(35)52-40/h4-21,42-43H,1-3H3. The highest BCUT2D eigenvalue weighted by atomic mass is 32.1. The summed E-state index contributed by atoms with van der Waals surface area (Å²) in [5.41, 5.74) is 9.46. The number of nitro groups is 2. The number of hydrogen-bond acceptors (Lipinski definition) is 8. The van der Waals surface area contributed by atoms with Gasteiger partial charge in [-0.1, -0.05) is 54.1 Å². The summed E-state index contributed by atoms with van der Waals surface area (Å²) in [6.45, 7) is 2.02. The summed E-state index contributed by atoms with van der Waals surface area (Å²) < 4.78 is 13.7. The highest BCUT2D eigenvalue weighted by Crippen LogP contribution is 2.52. The average molecular weight is 708 g/mol. The zero-order valence-corrected chi connectivity index (χ0v) is 28.9. The van der Waals surface area contributed by atoms with Crippen LogP contribution in [-0.2, 0) is 0 Å². The van der Waals surface area contributed by atoms with E-state index in [4.69, 9.17) is 14.5 Å². The molecule has 0 fully saturated rings. The largest absolute Gasteiger partial charge is 0.491 e. The van der Waals surface area contributed by atoms with E-state index in [1.165, 1.54) is 23.5 Å². The van der Waals surface area contributed by atoms with Gasteiger partial charge in [-0.2, -0.15) is 0 Å². The maximum atomic E-state index is 12.0. The number of aryl methyl sites for hydroxylation is 1. The molecule has 0 aliphatic carbocycles. The van der Waals surface area contributed by atoms with Gasteiger partial charge in [-0.15, -0.1) is 11.3 Å². The van der Waals surface area contributed by atoms with Crippen LogP contribution in [0.15, 0.2) is 97.1 Å². The van der Waals surface area contributed by atoms with Gasteiger partial charge in [0.15, 0.2) is 11.5 Å². The lowest BCUT2D eigenvalue weighted by molar-refractivity contribution is -0.385. The van der Waals surface area contributed by atoms with Gasteiger partial charge in [0, 0.05) is 57.5 Å². The van der Waals surface area contributed by atoms with Gasteiger partial charge in [0.25, 0.3) is 11.4 Å². The molecule has 1 aliphatic rings. The summed E-state index contributed by atoms with van der Waals surface area (Å²) in [5, 5.41) is 23.8. The van der Waals surface area contributed by atoms with Crippen molar-refractivity contribution in [2.24, 2.45) is 0 Å². The Morgan fingerprint density at radius 1 is 0.596 bits per heavy atom. The predicted octanol–water partition coefficient (Wildman–Crippen LogP) is 10.6. The number of thiophene rings is 1. The van der Waals surface area contributed by atoms with Crippen LogP contribution in [0.4, 0.5) is 11.4 Å². The Kier molecular flexibility index (Phi) is 8.00. The van der Waals surface area contributed by atoms with Crippen LogP contribution in [0.5, 0.6) is 11.5 Å². The van der Waals surface area contributed by atoms with Crippen molar-refractivity contribution in [2.75, 3.05) is 14.2 Å². The van der Waals surface area contributed by atoms with Gasteiger partial charge in [-0.25, -0.2) is 4.98 Å². The highest BCUT2D eigenvalue weighted by molar-refractivity contribution is 7.25. The number of rotatable bonds is 7. The Bertz CT molecular complexity index is 2740. The quantitative estimate of drug-likeness (QED) is 0.124. The van der Waals surface area contributed by atoms with Gasteiger partial charge in [0.05, 0.1) is 50.4 Å². The summed E-state index contributed by atoms with van der Waals surface area (Å²) in [7, 11) is 3.17. The number of nitro benzene ring substituents is 2. The molecule has 0 unspecified atom stereocenters. The van der Waals surface area contributed by atoms with Crippen LogP contribution < -0.4 is 9.47 Å². The smallest absolute Gasteiger partial charge is 0.270 e. The number of hydrogen-bond donors (Lipinski definition) is 2. The van der Waals surface area contributed by atoms with Crippen molar-refractivity contribution >= 4 is 66.3 Å². The Morgan fingerprint density at radius 2 is 1.08 bits per heavy atom. The van der Waals surface area contributed by atoms with Crippen LogP contribution in [0.3, 0.4) is 0 Å². The Morgan fingerprint density at radius 3 is 1.63 bits per heavy atom. The number of nitrogens with zero attached hydrogens (tertiary/aromatic N) is 3. The lowest BCUT2D eigenvalue weighted by Crippen LogP contribution is -1.91. The van der Waals surface area contributed by atoms with Gasteiger partial charge < -0.3 is 19.4 Å². The van der Waals surface area contributed by atoms with Crippen LogP contribution in [0.1, 0.15) is 17.0 Å². The van der Waals surface area contributed by atoms with Crippen LogP contribution in [-0.4, -0.2) is 39.0 Å². The number of aromatic amines is 2. The number of benzene rings is 3. The zero-order chi connectivity index (χ0) is 36.1. The van der Waals surface area contributed by atoms with Gasteiger partial charge in [-0.3, -0.25) is 20.2 Å². The second kappa shape index (κ2) is 12.8. The average Bonchev–Trinajstić information content (AvgIpc) is 3.97. The molecule has 8 bridgehead atoms. The van der Waals surface area contributed by atoms with E-state index in [1.54, 1.807) is 38.5 Å². The first kappa shape index (κ1) is 32.4. The fourth-order valence-electron chi connectivity index (χ4n) is 6.66. The number of aromatic nitrogens is 3. The van der Waals surface area contributed by atoms with Crippen molar-refractivity contribution in [3.05, 3.63) is 134 Å². The molecule has 0 amide bonds. The number of methoxy groups -OCH3 is 2. The molecule has 0 atom stereocenters. The molecule has 0 radical (unpaired) electrons. The topological polar surface area (TPSA) is 149 Å². The molecule has 0 saturated heterocycles. The van der Waals surface area contributed by atoms with Crippen LogP contribution in [0, 0.1) is 27.2 Å². The Hall–Kier alpha value is -6.79. The molecular formula is C40H29N5O6S. The maximum absolute atomic E-state index is 12.0. The predicted molar refractivity (Wildman–Crippen MR) is 206 cm³/mol. The molecule has 8 rings (SSSR count). The molecule has 5 heterocycles. The molecule has 256 valence electrons. The van der Waals surface area contributed by atoms with Crippen molar-refractivity contribution in [3.8, 4) is 44.9 Å². The molecule has 0 spiro atoms. The third-order valence-electron chi connectivity index (χ3n) is 9.07. The van der Waals surface area contributed by atoms with E-state index in [0.717, 1.165) is 26.9 Å². The lowest BCUT2D eigenvalue weighted by Gasteiger charge is -2.08. The fourth-order valence-corrected chi connectivity index (χ4v) is 8.06. The van der Waals surface area contributed by atoms with Crippen molar-refractivity contribution < 1.29 is 19.3 Å². The molecule has 11 nitrogen and oxygen atoms in total. The SMILES string of the molecule is COc1c(OC)c2sc1c(-c1cccc([N+](=O)[O-])c1)c1ccc([nH]1)c1nc(c(-c3cccc([N+](=O)[O-])c3)c3ccc([nH]3)c2-c2ccc(C)cc2)C=C1. The number of non-ortho nitro benzene ring substituents is 2. The number of fused-ring (bicyclic) bond motifs is 9. The van der Waals surface area contributed by atoms with Gasteiger partial charge in [0.2, 0.25) is 0 Å². The molecule has 4 aromatic heterocycles. The van der Waals surface area contributed by atoms with Crippen LogP contribution >= 0.6 is 11.3 Å². The summed E-state index contributed by atoms with van der Waals surface area (Å²) in [5.74, 6) is 0.973. The number of nitrogens with one attached hydrogen (secondary N) is 2. The van der Waals surface area contributed by atoms with E-state index in [-0.39, 0.29) is 11.4 Å². The Balaban J connectivity index is 1.61. The van der Waals surface area contributed by atoms with Crippen LogP contribution in [0.25, 0.3) is 77.0 Å². The minimum Gasteiger partial charge on any atom is -0.491 e. The van der Waals surface area contributed by atoms with E-state index in [2.05, 4.69) is 9.97 Å². The molecule has 52 heavy (non-hydrogen) atoms. The molecule has 12 heteroatoms. The minimum absolute atomic E-state index is 0.0347. The normalized spacial score (nSPS) is 11.6. The number of H-pyrrole nitrogens is 2. The molecule has 1 aliphatic heterocycles. The summed E-state index contributed by atoms with van der Waals surface area (Å²) >= 11 is 1.45. The van der Waals surface area contributed by atoms with Gasteiger partial charge in [-0.05, 0) is 60.0 Å². The van der Waals surface area contributed by atoms with Crippen molar-refractivity contribution in [1.82, 2.24) is 15.0 Å². The molecule has 7 aromatic rings. The summed E-state index contributed by atoms with van der Waals surface area (Å²) in [4.78, 5) is 35.2. The van der Waals surface area contributed by atoms with Crippen LogP contribution in [0.2, 0.25) is 0 Å².